The van der Waals surface area contributed by atoms with E-state index in [9.17, 15) is 9.90 Å². The van der Waals surface area contributed by atoms with Crippen molar-refractivity contribution in [1.29, 1.82) is 0 Å². The molecule has 10 nitrogen and oxygen atoms in total. The summed E-state index contributed by atoms with van der Waals surface area (Å²) in [5.41, 5.74) is 2.29. The molecule has 1 aliphatic rings. The third-order valence-electron chi connectivity index (χ3n) is 6.42. The van der Waals surface area contributed by atoms with Crippen molar-refractivity contribution in [2.45, 2.75) is 71.1 Å². The van der Waals surface area contributed by atoms with Gasteiger partial charge in [-0.05, 0) is 38.5 Å². The number of imidazole rings is 1. The van der Waals surface area contributed by atoms with E-state index in [2.05, 4.69) is 44.0 Å². The second-order valence-electron chi connectivity index (χ2n) is 9.75. The van der Waals surface area contributed by atoms with Crippen LogP contribution in [0.25, 0.3) is 16.9 Å². The number of nitrogens with zero attached hydrogens (tertiary/aromatic N) is 7. The predicted octanol–water partition coefficient (Wildman–Crippen LogP) is 4.29. The molecule has 1 saturated carbocycles. The Hall–Kier alpha value is -2.89. The summed E-state index contributed by atoms with van der Waals surface area (Å²) in [5, 5.41) is 21.6. The number of hydrogen-bond acceptors (Lipinski definition) is 8. The number of nitrogens with one attached hydrogen (secondary N) is 1. The molecule has 1 aliphatic carbocycles. The van der Waals surface area contributed by atoms with Gasteiger partial charge in [-0.15, -0.1) is 5.10 Å². The van der Waals surface area contributed by atoms with Crippen molar-refractivity contribution in [2.75, 3.05) is 0 Å². The topological polar surface area (TPSA) is 124 Å². The minimum atomic E-state index is -0.708. The smallest absolute Gasteiger partial charge is 0.280 e. The van der Waals surface area contributed by atoms with Gasteiger partial charge in [-0.3, -0.25) is 4.79 Å². The van der Waals surface area contributed by atoms with Gasteiger partial charge in [-0.25, -0.2) is 19.6 Å². The van der Waals surface area contributed by atoms with Crippen LogP contribution in [0.3, 0.4) is 0 Å². The van der Waals surface area contributed by atoms with Gasteiger partial charge >= 0.3 is 0 Å². The summed E-state index contributed by atoms with van der Waals surface area (Å²) in [6.45, 7) is 6.02. The first kappa shape index (κ1) is 24.8. The lowest BCUT2D eigenvalue weighted by Crippen LogP contribution is -2.39. The van der Waals surface area contributed by atoms with E-state index in [1.54, 1.807) is 24.0 Å². The number of aromatic nitrogens is 7. The molecule has 1 unspecified atom stereocenters. The Morgan fingerprint density at radius 3 is 2.81 bits per heavy atom. The molecule has 0 spiro atoms. The number of aliphatic hydroxyl groups excluding tert-OH is 1. The van der Waals surface area contributed by atoms with Gasteiger partial charge in [0.25, 0.3) is 5.91 Å². The molecule has 0 bridgehead atoms. The zero-order chi connectivity index (χ0) is 25.4. The molecule has 0 aliphatic heterocycles. The van der Waals surface area contributed by atoms with Gasteiger partial charge in [-0.2, -0.15) is 0 Å². The number of amides is 1. The highest BCUT2D eigenvalue weighted by atomic mass is 35.5. The molecule has 0 aromatic carbocycles. The summed E-state index contributed by atoms with van der Waals surface area (Å²) in [4.78, 5) is 26.3. The number of pyridine rings is 1. The minimum absolute atomic E-state index is 0.0356. The number of aliphatic hydroxyl groups is 1. The van der Waals surface area contributed by atoms with E-state index in [0.717, 1.165) is 49.0 Å². The molecule has 190 valence electrons. The second-order valence-corrected chi connectivity index (χ2v) is 11.4. The van der Waals surface area contributed by atoms with Gasteiger partial charge in [-0.1, -0.05) is 42.0 Å². The molecule has 1 fully saturated rings. The van der Waals surface area contributed by atoms with Crippen LogP contribution in [0.4, 0.5) is 0 Å². The van der Waals surface area contributed by atoms with Crippen molar-refractivity contribution < 1.29 is 9.90 Å². The van der Waals surface area contributed by atoms with E-state index in [4.69, 9.17) is 16.6 Å². The van der Waals surface area contributed by atoms with Crippen molar-refractivity contribution in [3.8, 4) is 5.82 Å². The fraction of sp³-hybridized carbons (Fsp3) is 0.500. The molecule has 0 radical (unpaired) electrons. The van der Waals surface area contributed by atoms with E-state index >= 15 is 0 Å². The number of carbonyl (C=O) groups is 1. The number of carbonyl (C=O) groups excluding carboxylic acids is 1. The largest absolute Gasteiger partial charge is 0.387 e. The maximum absolute atomic E-state index is 12.7. The van der Waals surface area contributed by atoms with Gasteiger partial charge in [0.1, 0.15) is 21.4 Å². The number of halogens is 1. The zero-order valence-corrected chi connectivity index (χ0v) is 22.0. The SMILES string of the molecule is CC(C)Cc1nc2cnc(-n3cc(C(C)O)nn3)cc2n1[C@@H]1CCC[C@H](NC(=O)c2ncc(Cl)s2)C1. The van der Waals surface area contributed by atoms with E-state index in [0.29, 0.717) is 26.8 Å². The first-order valence-electron chi connectivity index (χ1n) is 12.2. The van der Waals surface area contributed by atoms with Crippen LogP contribution in [-0.2, 0) is 6.42 Å². The molecule has 4 heterocycles. The van der Waals surface area contributed by atoms with Crippen LogP contribution >= 0.6 is 22.9 Å². The molecule has 5 rings (SSSR count). The highest BCUT2D eigenvalue weighted by Gasteiger charge is 2.29. The van der Waals surface area contributed by atoms with Crippen LogP contribution in [0.2, 0.25) is 4.34 Å². The lowest BCUT2D eigenvalue weighted by molar-refractivity contribution is 0.0920. The maximum Gasteiger partial charge on any atom is 0.280 e. The Morgan fingerprint density at radius 1 is 1.28 bits per heavy atom. The van der Waals surface area contributed by atoms with Gasteiger partial charge in [0.2, 0.25) is 0 Å². The standard InChI is InChI=1S/C24H29ClN8O2S/c1-13(2)7-22-29-17-10-26-21(32-12-18(14(3)34)30-31-32)9-19(17)33(22)16-6-4-5-15(8-16)28-23(35)24-27-11-20(25)36-24/h9-16,34H,4-8H2,1-3H3,(H,28,35)/t14?,15-,16+/m0/s1. The highest BCUT2D eigenvalue weighted by Crippen LogP contribution is 2.34. The van der Waals surface area contributed by atoms with E-state index < -0.39 is 6.10 Å². The molecule has 36 heavy (non-hydrogen) atoms. The molecule has 4 aromatic heterocycles. The molecule has 1 amide bonds. The Morgan fingerprint density at radius 2 is 2.11 bits per heavy atom. The number of hydrogen-bond donors (Lipinski definition) is 2. The molecule has 0 saturated heterocycles. The summed E-state index contributed by atoms with van der Waals surface area (Å²) in [6.07, 6.45) is 8.80. The summed E-state index contributed by atoms with van der Waals surface area (Å²) in [5.74, 6) is 1.89. The minimum Gasteiger partial charge on any atom is -0.387 e. The van der Waals surface area contributed by atoms with Crippen LogP contribution in [0.5, 0.6) is 0 Å². The van der Waals surface area contributed by atoms with Gasteiger partial charge in [0, 0.05) is 24.6 Å². The summed E-state index contributed by atoms with van der Waals surface area (Å²) >= 11 is 7.15. The van der Waals surface area contributed by atoms with Crippen LogP contribution < -0.4 is 5.32 Å². The van der Waals surface area contributed by atoms with Crippen molar-refractivity contribution in [2.24, 2.45) is 5.92 Å². The van der Waals surface area contributed by atoms with Gasteiger partial charge < -0.3 is 15.0 Å². The van der Waals surface area contributed by atoms with Gasteiger partial charge in [0.05, 0.1) is 30.2 Å². The van der Waals surface area contributed by atoms with Crippen LogP contribution in [0.1, 0.15) is 79.9 Å². The third kappa shape index (κ3) is 5.14. The molecular formula is C24H29ClN8O2S. The summed E-state index contributed by atoms with van der Waals surface area (Å²) in [6, 6.07) is 2.20. The molecule has 12 heteroatoms. The van der Waals surface area contributed by atoms with Crippen molar-refractivity contribution >= 4 is 39.9 Å². The molecule has 4 aromatic rings. The highest BCUT2D eigenvalue weighted by molar-refractivity contribution is 7.17. The van der Waals surface area contributed by atoms with Crippen molar-refractivity contribution in [3.05, 3.63) is 45.5 Å². The Bertz CT molecular complexity index is 1380. The van der Waals surface area contributed by atoms with Crippen LogP contribution in [0.15, 0.2) is 24.7 Å². The molecular weight excluding hydrogens is 500 g/mol. The zero-order valence-electron chi connectivity index (χ0n) is 20.4. The van der Waals surface area contributed by atoms with E-state index in [1.165, 1.54) is 17.5 Å². The number of fused-ring (bicyclic) bond motifs is 1. The quantitative estimate of drug-likeness (QED) is 0.366. The van der Waals surface area contributed by atoms with Crippen LogP contribution in [0, 0.1) is 5.92 Å². The summed E-state index contributed by atoms with van der Waals surface area (Å²) in [7, 11) is 0. The van der Waals surface area contributed by atoms with Crippen molar-refractivity contribution in [3.63, 3.8) is 0 Å². The van der Waals surface area contributed by atoms with E-state index in [-0.39, 0.29) is 18.0 Å². The molecule has 2 N–H and O–H groups in total. The molecule has 3 atom stereocenters. The normalized spacial score (nSPS) is 19.2. The fourth-order valence-corrected chi connectivity index (χ4v) is 5.61. The maximum atomic E-state index is 12.7. The van der Waals surface area contributed by atoms with Gasteiger partial charge in [0.15, 0.2) is 10.8 Å². The Labute approximate surface area is 217 Å². The lowest BCUT2D eigenvalue weighted by atomic mass is 9.90. The average molecular weight is 529 g/mol. The number of thiazole rings is 1. The average Bonchev–Trinajstić information content (AvgIpc) is 3.56. The monoisotopic (exact) mass is 528 g/mol. The first-order chi connectivity index (χ1) is 17.3. The third-order valence-corrected chi connectivity index (χ3v) is 7.53. The Balaban J connectivity index is 1.46. The van der Waals surface area contributed by atoms with E-state index in [1.807, 2.05) is 6.07 Å². The lowest BCUT2D eigenvalue weighted by Gasteiger charge is -2.32. The second kappa shape index (κ2) is 10.2. The number of rotatable bonds is 7. The van der Waals surface area contributed by atoms with Crippen LogP contribution in [-0.4, -0.2) is 51.6 Å². The fourth-order valence-electron chi connectivity index (χ4n) is 4.80. The predicted molar refractivity (Wildman–Crippen MR) is 138 cm³/mol. The Kier molecular flexibility index (Phi) is 7.05. The first-order valence-corrected chi connectivity index (χ1v) is 13.4. The van der Waals surface area contributed by atoms with Crippen molar-refractivity contribution in [1.82, 2.24) is 39.8 Å². The summed E-state index contributed by atoms with van der Waals surface area (Å²) < 4.78 is 4.40.